The van der Waals surface area contributed by atoms with Crippen molar-refractivity contribution in [2.45, 2.75) is 100 Å². The zero-order chi connectivity index (χ0) is 33.5. The van der Waals surface area contributed by atoms with E-state index < -0.39 is 129 Å². The van der Waals surface area contributed by atoms with E-state index in [1.165, 1.54) is 0 Å². The molecular weight excluding hydrogens is 602 g/mol. The summed E-state index contributed by atoms with van der Waals surface area (Å²) >= 11 is 0. The third-order valence-corrected chi connectivity index (χ3v) is 6.84. The summed E-state index contributed by atoms with van der Waals surface area (Å²) in [5.41, 5.74) is 0. The predicted octanol–water partition coefficient (Wildman–Crippen LogP) is -6.29. The summed E-state index contributed by atoms with van der Waals surface area (Å²) in [6, 6.07) is -4.54. The average molecular weight is 642 g/mol. The normalized spacial score (nSPS) is 34.2. The van der Waals surface area contributed by atoms with Crippen LogP contribution in [0.25, 0.3) is 0 Å². The summed E-state index contributed by atoms with van der Waals surface area (Å²) in [5, 5.41) is 88.0. The van der Waals surface area contributed by atoms with E-state index in [-0.39, 0.29) is 0 Å². The first-order valence-electron chi connectivity index (χ1n) is 13.3. The smallest absolute Gasteiger partial charge is 0.364 e. The van der Waals surface area contributed by atoms with Crippen LogP contribution in [0, 0.1) is 0 Å². The maximum atomic E-state index is 12.4. The largest absolute Gasteiger partial charge is 0.480 e. The van der Waals surface area contributed by atoms with E-state index in [9.17, 15) is 64.8 Å². The maximum Gasteiger partial charge on any atom is 0.364 e. The Morgan fingerprint density at radius 3 is 2.02 bits per heavy atom. The zero-order valence-corrected chi connectivity index (χ0v) is 23.9. The van der Waals surface area contributed by atoms with E-state index in [1.807, 2.05) is 0 Å². The fourth-order valence-electron chi connectivity index (χ4n) is 4.70. The van der Waals surface area contributed by atoms with Crippen molar-refractivity contribution in [1.82, 2.24) is 16.0 Å². The van der Waals surface area contributed by atoms with Crippen molar-refractivity contribution in [2.24, 2.45) is 0 Å². The van der Waals surface area contributed by atoms with Crippen LogP contribution >= 0.6 is 0 Å². The molecule has 2 fully saturated rings. The quantitative estimate of drug-likeness (QED) is 0.0840. The lowest BCUT2D eigenvalue weighted by Gasteiger charge is -2.47. The number of carbonyl (C=O) groups is 5. The molecule has 0 aromatic rings. The van der Waals surface area contributed by atoms with Gasteiger partial charge in [-0.15, -0.1) is 0 Å². The minimum Gasteiger partial charge on any atom is -0.480 e. The molecule has 2 saturated heterocycles. The molecule has 2 aliphatic heterocycles. The fraction of sp³-hybridized carbons (Fsp3) is 0.792. The molecule has 0 spiro atoms. The first-order chi connectivity index (χ1) is 20.4. The lowest BCUT2D eigenvalue weighted by atomic mass is 9.88. The Bertz CT molecular complexity index is 1050. The molecule has 0 radical (unpaired) electrons. The van der Waals surface area contributed by atoms with Gasteiger partial charge in [0.25, 0.3) is 5.79 Å². The Kier molecular flexibility index (Phi) is 13.3. The van der Waals surface area contributed by atoms with Crippen LogP contribution in [-0.2, 0) is 42.9 Å². The van der Waals surface area contributed by atoms with Gasteiger partial charge in [-0.1, -0.05) is 0 Å². The minimum absolute atomic E-state index is 0.706. The molecule has 2 aliphatic rings. The van der Waals surface area contributed by atoms with Crippen molar-refractivity contribution >= 4 is 29.7 Å². The van der Waals surface area contributed by atoms with Crippen LogP contribution in [0.2, 0.25) is 0 Å². The number of carboxylic acid groups (broad SMARTS) is 2. The molecule has 0 bridgehead atoms. The third kappa shape index (κ3) is 9.23. The molecule has 44 heavy (non-hydrogen) atoms. The van der Waals surface area contributed by atoms with Gasteiger partial charge in [0.05, 0.1) is 32.0 Å². The topological polar surface area (TPSA) is 320 Å². The third-order valence-electron chi connectivity index (χ3n) is 6.84. The summed E-state index contributed by atoms with van der Waals surface area (Å²) in [6.07, 6.45) is -15.5. The second-order valence-corrected chi connectivity index (χ2v) is 10.4. The Balaban J connectivity index is 2.33. The molecule has 12 unspecified atom stereocenters. The van der Waals surface area contributed by atoms with E-state index in [0.29, 0.717) is 0 Å². The second kappa shape index (κ2) is 15.8. The standard InChI is InChI=1S/C24H39N3O17/c1-8(29)25-11(21(37)38)6-41-22-16(27-10(3)31)19(36)18(35)14(43-22)7-42-24(23(39)40)4-12(32)15(26-9(2)30)20(44-24)17(34)13(33)5-28/h11-20,22,28,32-36H,4-7H2,1-3H3,(H,25,29)(H,26,30)(H,27,31)(H,37,38)(H,39,40). The molecule has 252 valence electrons. The molecule has 20 nitrogen and oxygen atoms in total. The summed E-state index contributed by atoms with van der Waals surface area (Å²) in [5.74, 6) is -8.30. The van der Waals surface area contributed by atoms with Crippen molar-refractivity contribution < 1.29 is 83.8 Å². The maximum absolute atomic E-state index is 12.4. The summed E-state index contributed by atoms with van der Waals surface area (Å²) in [4.78, 5) is 58.7. The number of amides is 3. The van der Waals surface area contributed by atoms with E-state index >= 15 is 0 Å². The molecule has 2 rings (SSSR count). The number of hydrogen-bond donors (Lipinski definition) is 11. The van der Waals surface area contributed by atoms with E-state index in [4.69, 9.17) is 18.9 Å². The van der Waals surface area contributed by atoms with Crippen LogP contribution < -0.4 is 16.0 Å². The van der Waals surface area contributed by atoms with E-state index in [2.05, 4.69) is 16.0 Å². The van der Waals surface area contributed by atoms with Crippen LogP contribution in [0.5, 0.6) is 0 Å². The molecule has 0 saturated carbocycles. The van der Waals surface area contributed by atoms with Gasteiger partial charge in [0, 0.05) is 27.2 Å². The molecule has 20 heteroatoms. The molecule has 0 aliphatic carbocycles. The predicted molar refractivity (Wildman–Crippen MR) is 138 cm³/mol. The molecule has 12 atom stereocenters. The number of carbonyl (C=O) groups excluding carboxylic acids is 3. The number of nitrogens with one attached hydrogen (secondary N) is 3. The number of rotatable bonds is 14. The average Bonchev–Trinajstić information content (AvgIpc) is 2.93. The lowest BCUT2D eigenvalue weighted by molar-refractivity contribution is -0.330. The van der Waals surface area contributed by atoms with Crippen LogP contribution in [0.1, 0.15) is 27.2 Å². The van der Waals surface area contributed by atoms with E-state index in [0.717, 1.165) is 20.8 Å². The van der Waals surface area contributed by atoms with Gasteiger partial charge in [0.2, 0.25) is 17.7 Å². The van der Waals surface area contributed by atoms with Gasteiger partial charge < -0.3 is 75.8 Å². The highest BCUT2D eigenvalue weighted by Crippen LogP contribution is 2.34. The van der Waals surface area contributed by atoms with Gasteiger partial charge in [-0.3, -0.25) is 14.4 Å². The van der Waals surface area contributed by atoms with Gasteiger partial charge in [-0.2, -0.15) is 0 Å². The first-order valence-corrected chi connectivity index (χ1v) is 13.3. The van der Waals surface area contributed by atoms with Crippen molar-refractivity contribution in [3.63, 3.8) is 0 Å². The van der Waals surface area contributed by atoms with Crippen LogP contribution in [0.4, 0.5) is 0 Å². The number of aliphatic hydroxyl groups excluding tert-OH is 6. The summed E-state index contributed by atoms with van der Waals surface area (Å²) in [6.45, 7) is 0.509. The van der Waals surface area contributed by atoms with Crippen LogP contribution in [0.3, 0.4) is 0 Å². The van der Waals surface area contributed by atoms with Crippen LogP contribution in [-0.4, -0.2) is 163 Å². The molecule has 11 N–H and O–H groups in total. The van der Waals surface area contributed by atoms with Crippen LogP contribution in [0.15, 0.2) is 0 Å². The number of carboxylic acids is 2. The van der Waals surface area contributed by atoms with Gasteiger partial charge in [0.1, 0.15) is 42.7 Å². The Hall–Kier alpha value is -3.05. The number of aliphatic carboxylic acids is 2. The highest BCUT2D eigenvalue weighted by atomic mass is 16.7. The molecule has 0 aromatic heterocycles. The minimum atomic E-state index is -2.81. The van der Waals surface area contributed by atoms with Crippen molar-refractivity contribution in [2.75, 3.05) is 19.8 Å². The summed E-state index contributed by atoms with van der Waals surface area (Å²) in [7, 11) is 0. The number of hydrogen-bond acceptors (Lipinski definition) is 15. The molecule has 2 heterocycles. The van der Waals surface area contributed by atoms with Crippen molar-refractivity contribution in [3.8, 4) is 0 Å². The van der Waals surface area contributed by atoms with Gasteiger partial charge in [-0.05, 0) is 0 Å². The highest BCUT2D eigenvalue weighted by molar-refractivity contribution is 5.82. The monoisotopic (exact) mass is 641 g/mol. The summed E-state index contributed by atoms with van der Waals surface area (Å²) < 4.78 is 22.0. The molecule has 3 amide bonds. The lowest BCUT2D eigenvalue weighted by Crippen LogP contribution is -2.69. The molecular formula is C24H39N3O17. The van der Waals surface area contributed by atoms with Crippen molar-refractivity contribution in [1.29, 1.82) is 0 Å². The Morgan fingerprint density at radius 2 is 1.52 bits per heavy atom. The van der Waals surface area contributed by atoms with Gasteiger partial charge in [-0.25, -0.2) is 9.59 Å². The van der Waals surface area contributed by atoms with Gasteiger partial charge in [0.15, 0.2) is 12.3 Å². The fourth-order valence-corrected chi connectivity index (χ4v) is 4.70. The SMILES string of the molecule is CC(=O)NC(COC1OC(COC2(C(=O)O)CC(O)C(NC(C)=O)C(C(O)C(O)CO)O2)C(O)C(O)C1NC(C)=O)C(=O)O. The van der Waals surface area contributed by atoms with Crippen molar-refractivity contribution in [3.05, 3.63) is 0 Å². The zero-order valence-electron chi connectivity index (χ0n) is 23.9. The second-order valence-electron chi connectivity index (χ2n) is 10.4. The Morgan fingerprint density at radius 1 is 0.932 bits per heavy atom. The Labute approximate surface area is 249 Å². The van der Waals surface area contributed by atoms with Gasteiger partial charge >= 0.3 is 11.9 Å². The highest BCUT2D eigenvalue weighted by Gasteiger charge is 2.57. The number of aliphatic hydroxyl groups is 6. The first kappa shape index (κ1) is 37.1. The molecule has 0 aromatic carbocycles. The van der Waals surface area contributed by atoms with E-state index in [1.54, 1.807) is 0 Å². The number of ether oxygens (including phenoxy) is 4.